The third-order valence-electron chi connectivity index (χ3n) is 4.27. The molecule has 2 rings (SSSR count). The second kappa shape index (κ2) is 8.16. The molecule has 1 aromatic rings. The van der Waals surface area contributed by atoms with Crippen LogP contribution in [0.15, 0.2) is 28.7 Å². The molecule has 1 saturated carbocycles. The van der Waals surface area contributed by atoms with E-state index in [1.54, 1.807) is 0 Å². The van der Waals surface area contributed by atoms with Crippen LogP contribution in [0.4, 0.5) is 0 Å². The maximum absolute atomic E-state index is 12.6. The molecule has 1 aromatic carbocycles. The van der Waals surface area contributed by atoms with Gasteiger partial charge in [0.1, 0.15) is 0 Å². The van der Waals surface area contributed by atoms with E-state index in [1.807, 2.05) is 36.2 Å². The molecule has 0 aliphatic heterocycles. The third kappa shape index (κ3) is 4.44. The molecule has 0 saturated heterocycles. The molecule has 0 bridgehead atoms. The summed E-state index contributed by atoms with van der Waals surface area (Å²) in [4.78, 5) is 16.8. The number of hydrogen-bond acceptors (Lipinski definition) is 2. The standard InChI is InChI=1S/C16H23BrN2O.ClH/c1-18(2)14-6-4-5-7-15(14)19(3)16(20)12-8-10-13(17)11-9-12;/h8-11,14-15H,4-7H2,1-3H3;1H. The monoisotopic (exact) mass is 374 g/mol. The van der Waals surface area contributed by atoms with Crippen molar-refractivity contribution in [3.05, 3.63) is 34.3 Å². The third-order valence-corrected chi connectivity index (χ3v) is 4.79. The lowest BCUT2D eigenvalue weighted by atomic mass is 9.88. The van der Waals surface area contributed by atoms with E-state index in [-0.39, 0.29) is 18.3 Å². The quantitative estimate of drug-likeness (QED) is 0.802. The van der Waals surface area contributed by atoms with Crippen LogP contribution in [0.2, 0.25) is 0 Å². The Hall–Kier alpha value is -0.580. The summed E-state index contributed by atoms with van der Waals surface area (Å²) in [5.41, 5.74) is 0.763. The van der Waals surface area contributed by atoms with Crippen molar-refractivity contribution in [3.63, 3.8) is 0 Å². The fourth-order valence-corrected chi connectivity index (χ4v) is 3.36. The van der Waals surface area contributed by atoms with E-state index >= 15 is 0 Å². The number of halogens is 2. The largest absolute Gasteiger partial charge is 0.337 e. The molecule has 1 amide bonds. The van der Waals surface area contributed by atoms with Crippen molar-refractivity contribution < 1.29 is 4.79 Å². The Morgan fingerprint density at radius 1 is 1.05 bits per heavy atom. The number of carbonyl (C=O) groups excluding carboxylic acids is 1. The Morgan fingerprint density at radius 3 is 2.10 bits per heavy atom. The predicted octanol–water partition coefficient (Wildman–Crippen LogP) is 3.82. The fourth-order valence-electron chi connectivity index (χ4n) is 3.09. The van der Waals surface area contributed by atoms with Crippen molar-refractivity contribution in [1.82, 2.24) is 9.80 Å². The minimum Gasteiger partial charge on any atom is -0.337 e. The molecule has 0 radical (unpaired) electrons. The number of rotatable bonds is 3. The molecule has 2 atom stereocenters. The van der Waals surface area contributed by atoms with Gasteiger partial charge in [0.15, 0.2) is 0 Å². The summed E-state index contributed by atoms with van der Waals surface area (Å²) in [6.45, 7) is 0. The van der Waals surface area contributed by atoms with Gasteiger partial charge in [0.25, 0.3) is 5.91 Å². The molecule has 1 aliphatic carbocycles. The number of amides is 1. The maximum Gasteiger partial charge on any atom is 0.253 e. The zero-order valence-corrected chi connectivity index (χ0v) is 15.3. The maximum atomic E-state index is 12.6. The molecular formula is C16H24BrClN2O. The van der Waals surface area contributed by atoms with E-state index in [9.17, 15) is 4.79 Å². The van der Waals surface area contributed by atoms with Crippen LogP contribution in [0, 0.1) is 0 Å². The lowest BCUT2D eigenvalue weighted by Crippen LogP contribution is -2.51. The Morgan fingerprint density at radius 2 is 1.57 bits per heavy atom. The van der Waals surface area contributed by atoms with Gasteiger partial charge in [-0.3, -0.25) is 4.79 Å². The van der Waals surface area contributed by atoms with Crippen molar-refractivity contribution >= 4 is 34.2 Å². The molecule has 0 N–H and O–H groups in total. The Bertz CT molecular complexity index is 464. The number of hydrogen-bond donors (Lipinski definition) is 0. The van der Waals surface area contributed by atoms with Gasteiger partial charge >= 0.3 is 0 Å². The second-order valence-corrected chi connectivity index (χ2v) is 6.72. The molecule has 5 heteroatoms. The lowest BCUT2D eigenvalue weighted by Gasteiger charge is -2.41. The zero-order chi connectivity index (χ0) is 14.7. The summed E-state index contributed by atoms with van der Waals surface area (Å²) < 4.78 is 1.00. The topological polar surface area (TPSA) is 23.6 Å². The van der Waals surface area contributed by atoms with Crippen LogP contribution in [0.1, 0.15) is 36.0 Å². The average Bonchev–Trinajstić information content (AvgIpc) is 2.46. The summed E-state index contributed by atoms with van der Waals surface area (Å²) >= 11 is 3.41. The first kappa shape index (κ1) is 18.5. The van der Waals surface area contributed by atoms with E-state index < -0.39 is 0 Å². The van der Waals surface area contributed by atoms with Crippen molar-refractivity contribution in [1.29, 1.82) is 0 Å². The molecule has 1 fully saturated rings. The molecule has 0 aromatic heterocycles. The van der Waals surface area contributed by atoms with Gasteiger partial charge in [-0.05, 0) is 51.2 Å². The van der Waals surface area contributed by atoms with Gasteiger partial charge in [0, 0.05) is 29.2 Å². The van der Waals surface area contributed by atoms with E-state index in [0.29, 0.717) is 12.1 Å². The van der Waals surface area contributed by atoms with Gasteiger partial charge in [-0.15, -0.1) is 12.4 Å². The van der Waals surface area contributed by atoms with Crippen LogP contribution in [-0.4, -0.2) is 48.9 Å². The smallest absolute Gasteiger partial charge is 0.253 e. The van der Waals surface area contributed by atoms with Crippen LogP contribution in [0.5, 0.6) is 0 Å². The van der Waals surface area contributed by atoms with Gasteiger partial charge in [-0.1, -0.05) is 28.8 Å². The van der Waals surface area contributed by atoms with Gasteiger partial charge < -0.3 is 9.80 Å². The van der Waals surface area contributed by atoms with Gasteiger partial charge in [0.05, 0.1) is 0 Å². The molecule has 21 heavy (non-hydrogen) atoms. The highest BCUT2D eigenvalue weighted by Gasteiger charge is 2.32. The fraction of sp³-hybridized carbons (Fsp3) is 0.562. The van der Waals surface area contributed by atoms with Crippen LogP contribution >= 0.6 is 28.3 Å². The van der Waals surface area contributed by atoms with E-state index in [4.69, 9.17) is 0 Å². The SMILES string of the molecule is CN(C)C1CCCCC1N(C)C(=O)c1ccc(Br)cc1.Cl. The number of likely N-dealkylation sites (N-methyl/N-ethyl adjacent to an activating group) is 2. The van der Waals surface area contributed by atoms with Gasteiger partial charge in [0.2, 0.25) is 0 Å². The van der Waals surface area contributed by atoms with Crippen LogP contribution in [0.25, 0.3) is 0 Å². The molecule has 118 valence electrons. The first-order chi connectivity index (χ1) is 9.50. The minimum atomic E-state index is 0. The van der Waals surface area contributed by atoms with Crippen molar-refractivity contribution in [2.75, 3.05) is 21.1 Å². The van der Waals surface area contributed by atoms with Gasteiger partial charge in [-0.25, -0.2) is 0 Å². The molecule has 3 nitrogen and oxygen atoms in total. The first-order valence-electron chi connectivity index (χ1n) is 7.20. The lowest BCUT2D eigenvalue weighted by molar-refractivity contribution is 0.0544. The van der Waals surface area contributed by atoms with Crippen molar-refractivity contribution in [2.45, 2.75) is 37.8 Å². The van der Waals surface area contributed by atoms with Gasteiger partial charge in [-0.2, -0.15) is 0 Å². The number of benzene rings is 1. The van der Waals surface area contributed by atoms with Crippen LogP contribution in [-0.2, 0) is 0 Å². The number of carbonyl (C=O) groups is 1. The summed E-state index contributed by atoms with van der Waals surface area (Å²) in [7, 11) is 6.17. The summed E-state index contributed by atoms with van der Waals surface area (Å²) in [5.74, 6) is 0.122. The predicted molar refractivity (Wildman–Crippen MR) is 93.2 cm³/mol. The molecule has 1 aliphatic rings. The normalized spacial score (nSPS) is 21.8. The summed E-state index contributed by atoms with van der Waals surface area (Å²) in [5, 5.41) is 0. The number of nitrogens with zero attached hydrogens (tertiary/aromatic N) is 2. The average molecular weight is 376 g/mol. The Labute approximate surface area is 142 Å². The van der Waals surface area contributed by atoms with E-state index in [1.165, 1.54) is 19.3 Å². The van der Waals surface area contributed by atoms with E-state index in [2.05, 4.69) is 34.9 Å². The highest BCUT2D eigenvalue weighted by atomic mass is 79.9. The molecular weight excluding hydrogens is 352 g/mol. The Balaban J connectivity index is 0.00000220. The minimum absolute atomic E-state index is 0. The molecule has 0 spiro atoms. The van der Waals surface area contributed by atoms with Crippen LogP contribution in [0.3, 0.4) is 0 Å². The summed E-state index contributed by atoms with van der Waals surface area (Å²) in [6, 6.07) is 8.40. The summed E-state index contributed by atoms with van der Waals surface area (Å²) in [6.07, 6.45) is 4.75. The Kier molecular flexibility index (Phi) is 7.17. The van der Waals surface area contributed by atoms with E-state index in [0.717, 1.165) is 16.5 Å². The van der Waals surface area contributed by atoms with Crippen LogP contribution < -0.4 is 0 Å². The van der Waals surface area contributed by atoms with Crippen molar-refractivity contribution in [2.24, 2.45) is 0 Å². The highest BCUT2D eigenvalue weighted by Crippen LogP contribution is 2.26. The highest BCUT2D eigenvalue weighted by molar-refractivity contribution is 9.10. The second-order valence-electron chi connectivity index (χ2n) is 5.81. The first-order valence-corrected chi connectivity index (χ1v) is 7.99. The van der Waals surface area contributed by atoms with Crippen molar-refractivity contribution in [3.8, 4) is 0 Å². The molecule has 2 unspecified atom stereocenters. The zero-order valence-electron chi connectivity index (χ0n) is 12.9. The molecule has 0 heterocycles.